The van der Waals surface area contributed by atoms with Gasteiger partial charge in [-0.25, -0.2) is 0 Å². The number of alkyl halides is 6. The molecular weight excluding hydrogens is 698 g/mol. The highest BCUT2D eigenvalue weighted by Gasteiger charge is 2.62. The quantitative estimate of drug-likeness (QED) is 0.124. The Morgan fingerprint density at radius 2 is 0.959 bits per heavy atom. The van der Waals surface area contributed by atoms with Crippen molar-refractivity contribution in [2.24, 2.45) is 0 Å². The Hall–Kier alpha value is -3.17. The molecule has 3 N–H and O–H groups in total. The first-order valence-electron chi connectivity index (χ1n) is 14.8. The van der Waals surface area contributed by atoms with Crippen LogP contribution in [0.2, 0.25) is 30.5 Å². The van der Waals surface area contributed by atoms with E-state index in [4.69, 9.17) is 36.9 Å². The van der Waals surface area contributed by atoms with Crippen molar-refractivity contribution in [2.75, 3.05) is 0 Å². The fourth-order valence-electron chi connectivity index (χ4n) is 6.29. The number of phenolic OH excluding ortho intramolecular Hbond substituents is 1. The normalized spacial score (nSPS) is 20.7. The maximum atomic E-state index is 13.5. The number of benzene rings is 4. The van der Waals surface area contributed by atoms with E-state index in [1.165, 1.54) is 36.4 Å². The van der Waals surface area contributed by atoms with E-state index in [-0.39, 0.29) is 64.8 Å². The Morgan fingerprint density at radius 3 is 1.37 bits per heavy atom. The van der Waals surface area contributed by atoms with Crippen molar-refractivity contribution in [3.8, 4) is 28.0 Å². The zero-order valence-corrected chi connectivity index (χ0v) is 27.8. The summed E-state index contributed by atoms with van der Waals surface area (Å²) in [7, 11) is -0.406. The maximum Gasteiger partial charge on any atom is 0.426 e. The van der Waals surface area contributed by atoms with Crippen LogP contribution in [0.4, 0.5) is 26.3 Å². The summed E-state index contributed by atoms with van der Waals surface area (Å²) < 4.78 is 95.9. The monoisotopic (exact) mass is 724 g/mol. The van der Waals surface area contributed by atoms with Crippen molar-refractivity contribution >= 4 is 44.6 Å². The molecule has 4 aromatic rings. The summed E-state index contributed by atoms with van der Waals surface area (Å²) in [5.74, 6) is -0.427. The van der Waals surface area contributed by atoms with Gasteiger partial charge < -0.3 is 29.0 Å². The number of hydrogen-bond acceptors (Lipinski definition) is 6. The number of fused-ring (bicyclic) bond motifs is 6. The van der Waals surface area contributed by atoms with Crippen LogP contribution in [0.15, 0.2) is 72.8 Å². The SMILES string of the molecule is CB1OB(C)OB(C)O1.Cc1cc(Cl)c2c(c1)C(O)(C(F)(F)F)c1ccccc1-2.Oc1cc(Cl)c2c(c1)C(O)(C(F)(F)F)c1ccccc1-2. The molecule has 2 aliphatic carbocycles. The first-order valence-corrected chi connectivity index (χ1v) is 15.5. The molecule has 4 aromatic carbocycles. The van der Waals surface area contributed by atoms with Crippen LogP contribution in [0, 0.1) is 6.92 Å². The number of hydrogen-bond donors (Lipinski definition) is 3. The Balaban J connectivity index is 0.000000154. The number of aromatic hydroxyl groups is 1. The number of aliphatic hydroxyl groups is 2. The zero-order chi connectivity index (χ0) is 36.3. The predicted molar refractivity (Wildman–Crippen MR) is 176 cm³/mol. The van der Waals surface area contributed by atoms with Crippen LogP contribution >= 0.6 is 23.2 Å². The van der Waals surface area contributed by atoms with Crippen molar-refractivity contribution in [1.29, 1.82) is 0 Å². The van der Waals surface area contributed by atoms with Crippen LogP contribution in [0.5, 0.6) is 5.75 Å². The third-order valence-corrected chi connectivity index (χ3v) is 8.83. The van der Waals surface area contributed by atoms with E-state index in [2.05, 4.69) is 0 Å². The smallest absolute Gasteiger partial charge is 0.426 e. The first kappa shape index (κ1) is 37.1. The van der Waals surface area contributed by atoms with Crippen LogP contribution in [-0.4, -0.2) is 49.0 Å². The summed E-state index contributed by atoms with van der Waals surface area (Å²) in [4.78, 5) is 0. The van der Waals surface area contributed by atoms with Crippen molar-refractivity contribution < 1.29 is 55.4 Å². The van der Waals surface area contributed by atoms with E-state index in [1.807, 2.05) is 20.5 Å². The van der Waals surface area contributed by atoms with E-state index in [9.17, 15) is 41.7 Å². The van der Waals surface area contributed by atoms with Crippen LogP contribution in [0.1, 0.15) is 27.8 Å². The van der Waals surface area contributed by atoms with Gasteiger partial charge in [0.05, 0.1) is 5.02 Å². The van der Waals surface area contributed by atoms with Gasteiger partial charge in [-0.2, -0.15) is 26.3 Å². The largest absolute Gasteiger partial charge is 0.508 e. The van der Waals surface area contributed by atoms with Gasteiger partial charge in [0, 0.05) is 38.4 Å². The van der Waals surface area contributed by atoms with Crippen LogP contribution in [0.25, 0.3) is 22.3 Å². The van der Waals surface area contributed by atoms with Crippen LogP contribution in [0.3, 0.4) is 0 Å². The number of aryl methyl sites for hydroxylation is 1. The molecule has 1 saturated heterocycles. The summed E-state index contributed by atoms with van der Waals surface area (Å²) in [5.41, 5.74) is -5.80. The Kier molecular flexibility index (Phi) is 9.98. The highest BCUT2D eigenvalue weighted by atomic mass is 35.5. The highest BCUT2D eigenvalue weighted by molar-refractivity contribution is 6.72. The Labute approximate surface area is 289 Å². The molecule has 0 amide bonds. The number of rotatable bonds is 0. The second-order valence-corrected chi connectivity index (χ2v) is 12.5. The summed E-state index contributed by atoms with van der Waals surface area (Å²) in [6.07, 6.45) is -9.74. The van der Waals surface area contributed by atoms with E-state index in [0.717, 1.165) is 12.1 Å². The van der Waals surface area contributed by atoms with E-state index in [1.54, 1.807) is 31.2 Å². The van der Waals surface area contributed by atoms with Crippen LogP contribution < -0.4 is 0 Å². The van der Waals surface area contributed by atoms with Gasteiger partial charge in [-0.05, 0) is 62.3 Å². The van der Waals surface area contributed by atoms with Gasteiger partial charge in [0.1, 0.15) is 5.75 Å². The molecule has 0 radical (unpaired) electrons. The molecule has 0 saturated carbocycles. The summed E-state index contributed by atoms with van der Waals surface area (Å²) in [5, 5.41) is 30.4. The molecule has 49 heavy (non-hydrogen) atoms. The fourth-order valence-corrected chi connectivity index (χ4v) is 6.98. The molecule has 2 unspecified atom stereocenters. The zero-order valence-electron chi connectivity index (χ0n) is 26.3. The number of halogens is 8. The van der Waals surface area contributed by atoms with E-state index in [0.29, 0.717) is 11.1 Å². The van der Waals surface area contributed by atoms with Gasteiger partial charge in [0.2, 0.25) is 11.2 Å². The predicted octanol–water partition coefficient (Wildman–Crippen LogP) is 8.66. The van der Waals surface area contributed by atoms with Gasteiger partial charge in [-0.1, -0.05) is 77.8 Å². The van der Waals surface area contributed by atoms with Gasteiger partial charge >= 0.3 is 33.7 Å². The van der Waals surface area contributed by atoms with Gasteiger partial charge in [-0.3, -0.25) is 0 Å². The van der Waals surface area contributed by atoms with Crippen molar-refractivity contribution in [1.82, 2.24) is 0 Å². The minimum atomic E-state index is -4.93. The van der Waals surface area contributed by atoms with Gasteiger partial charge in [0.15, 0.2) is 0 Å². The van der Waals surface area contributed by atoms with E-state index >= 15 is 0 Å². The standard InChI is InChI=1S/C15H10ClF3O.C14H8ClF3O2.C3H9B3O3/c1-8-6-11-13(12(16)7-8)9-4-2-3-5-10(9)14(11,20)15(17,18)19;15-11-6-7(19)5-10-12(11)8-3-1-2-4-9(8)13(10,20)14(16,17)18;1-4-7-5(2)9-6(3)8-4/h2-7,20H,1H3;1-6,19-20H;1-3H3. The Bertz CT molecular complexity index is 1750. The highest BCUT2D eigenvalue weighted by Crippen LogP contribution is 2.58. The van der Waals surface area contributed by atoms with E-state index < -0.39 is 34.9 Å². The second kappa shape index (κ2) is 13.2. The lowest BCUT2D eigenvalue weighted by Crippen LogP contribution is -2.44. The average molecular weight is 725 g/mol. The lowest BCUT2D eigenvalue weighted by molar-refractivity contribution is -0.247. The molecule has 1 fully saturated rings. The van der Waals surface area contributed by atoms with Crippen molar-refractivity contribution in [3.63, 3.8) is 0 Å². The van der Waals surface area contributed by atoms with Crippen molar-refractivity contribution in [3.05, 3.63) is 111 Å². The average Bonchev–Trinajstić information content (AvgIpc) is 3.40. The lowest BCUT2D eigenvalue weighted by Gasteiger charge is -2.28. The fraction of sp³-hybridized carbons (Fsp3) is 0.250. The third-order valence-electron chi connectivity index (χ3n) is 8.23. The molecular formula is C32H27B3Cl2F6O6. The molecule has 0 bridgehead atoms. The number of phenols is 1. The Morgan fingerprint density at radius 1 is 0.592 bits per heavy atom. The minimum absolute atomic E-state index is 0.0346. The molecule has 1 aliphatic heterocycles. The molecule has 6 nitrogen and oxygen atoms in total. The van der Waals surface area contributed by atoms with Gasteiger partial charge in [0.25, 0.3) is 0 Å². The molecule has 2 atom stereocenters. The topological polar surface area (TPSA) is 88.4 Å². The minimum Gasteiger partial charge on any atom is -0.508 e. The third kappa shape index (κ3) is 6.46. The first-order chi connectivity index (χ1) is 22.7. The molecule has 7 rings (SSSR count). The molecule has 256 valence electrons. The molecule has 1 heterocycles. The maximum absolute atomic E-state index is 13.5. The molecule has 0 spiro atoms. The molecule has 17 heteroatoms. The van der Waals surface area contributed by atoms with Crippen molar-refractivity contribution in [2.45, 2.75) is 50.9 Å². The van der Waals surface area contributed by atoms with Gasteiger partial charge in [-0.15, -0.1) is 0 Å². The molecule has 0 aromatic heterocycles. The summed E-state index contributed by atoms with van der Waals surface area (Å²) in [6, 6.07) is 16.6. The van der Waals surface area contributed by atoms with Crippen LogP contribution in [-0.2, 0) is 24.9 Å². The second-order valence-electron chi connectivity index (χ2n) is 11.6. The summed E-state index contributed by atoms with van der Waals surface area (Å²) in [6.45, 7) is 7.21. The molecule has 3 aliphatic rings. The summed E-state index contributed by atoms with van der Waals surface area (Å²) >= 11 is 12.0. The lowest BCUT2D eigenvalue weighted by atomic mass is 9.74.